The molecule has 0 fully saturated rings. The fourth-order valence-electron chi connectivity index (χ4n) is 2.79. The molecule has 130 valence electrons. The Morgan fingerprint density at radius 1 is 1.23 bits per heavy atom. The fraction of sp³-hybridized carbons (Fsp3) is 0.105. The Balaban J connectivity index is 1.56. The van der Waals surface area contributed by atoms with Gasteiger partial charge in [-0.1, -0.05) is 11.6 Å². The van der Waals surface area contributed by atoms with Crippen LogP contribution in [0.15, 0.2) is 48.9 Å². The molecule has 2 aromatic heterocycles. The van der Waals surface area contributed by atoms with Crippen molar-refractivity contribution in [2.75, 3.05) is 11.9 Å². The number of hydrogen-bond donors (Lipinski definition) is 1. The first-order valence-electron chi connectivity index (χ1n) is 7.94. The molecule has 26 heavy (non-hydrogen) atoms. The van der Waals surface area contributed by atoms with Crippen LogP contribution in [0.25, 0.3) is 11.1 Å². The maximum Gasteiger partial charge on any atom is 0.259 e. The minimum absolute atomic E-state index is 0.0929. The molecule has 7 heteroatoms. The number of carbonyl (C=O) groups excluding carboxylic acids is 1. The van der Waals surface area contributed by atoms with Gasteiger partial charge < -0.3 is 10.1 Å². The average molecular weight is 370 g/mol. The SMILES string of the molecule is O=C(Nc1ccc(-c2cc3c(cc2Cl)CCO3)cn1)c1ccncc1F. The Labute approximate surface area is 153 Å². The number of fused-ring (bicyclic) bond motifs is 1. The lowest BCUT2D eigenvalue weighted by molar-refractivity contribution is 0.102. The first-order valence-corrected chi connectivity index (χ1v) is 8.32. The zero-order valence-corrected chi connectivity index (χ0v) is 14.3. The lowest BCUT2D eigenvalue weighted by Crippen LogP contribution is -2.14. The number of nitrogens with one attached hydrogen (secondary N) is 1. The lowest BCUT2D eigenvalue weighted by Gasteiger charge is -2.09. The van der Waals surface area contributed by atoms with Crippen molar-refractivity contribution in [1.29, 1.82) is 0 Å². The van der Waals surface area contributed by atoms with Crippen LogP contribution in [-0.2, 0) is 6.42 Å². The van der Waals surface area contributed by atoms with Crippen molar-refractivity contribution in [1.82, 2.24) is 9.97 Å². The largest absolute Gasteiger partial charge is 0.493 e. The summed E-state index contributed by atoms with van der Waals surface area (Å²) in [5.74, 6) is -0.140. The van der Waals surface area contributed by atoms with Crippen molar-refractivity contribution >= 4 is 23.3 Å². The summed E-state index contributed by atoms with van der Waals surface area (Å²) in [6, 6.07) is 8.53. The molecule has 1 aliphatic rings. The quantitative estimate of drug-likeness (QED) is 0.754. The maximum atomic E-state index is 13.6. The highest BCUT2D eigenvalue weighted by molar-refractivity contribution is 6.33. The van der Waals surface area contributed by atoms with E-state index in [0.29, 0.717) is 17.4 Å². The van der Waals surface area contributed by atoms with Gasteiger partial charge in [-0.25, -0.2) is 9.37 Å². The monoisotopic (exact) mass is 369 g/mol. The molecular weight excluding hydrogens is 357 g/mol. The number of rotatable bonds is 3. The van der Waals surface area contributed by atoms with E-state index in [1.165, 1.54) is 12.3 Å². The van der Waals surface area contributed by atoms with Crippen molar-refractivity contribution in [3.8, 4) is 16.9 Å². The molecule has 0 radical (unpaired) electrons. The summed E-state index contributed by atoms with van der Waals surface area (Å²) in [5, 5.41) is 3.18. The van der Waals surface area contributed by atoms with E-state index >= 15 is 0 Å². The highest BCUT2D eigenvalue weighted by Crippen LogP contribution is 2.36. The predicted octanol–water partition coefficient (Wildman–Crippen LogP) is 4.12. The third-order valence-electron chi connectivity index (χ3n) is 4.11. The number of halogens is 2. The van der Waals surface area contributed by atoms with Crippen LogP contribution in [-0.4, -0.2) is 22.5 Å². The number of aromatic nitrogens is 2. The minimum Gasteiger partial charge on any atom is -0.493 e. The van der Waals surface area contributed by atoms with Gasteiger partial charge in [0, 0.05) is 35.0 Å². The normalized spacial score (nSPS) is 12.4. The Kier molecular flexibility index (Phi) is 4.26. The van der Waals surface area contributed by atoms with Gasteiger partial charge in [-0.15, -0.1) is 0 Å². The molecule has 4 rings (SSSR count). The molecule has 0 aliphatic carbocycles. The summed E-state index contributed by atoms with van der Waals surface area (Å²) in [6.07, 6.45) is 4.79. The van der Waals surface area contributed by atoms with Crippen molar-refractivity contribution < 1.29 is 13.9 Å². The molecule has 0 atom stereocenters. The van der Waals surface area contributed by atoms with E-state index in [1.54, 1.807) is 18.3 Å². The predicted molar refractivity (Wildman–Crippen MR) is 96.0 cm³/mol. The second-order valence-electron chi connectivity index (χ2n) is 5.78. The van der Waals surface area contributed by atoms with Gasteiger partial charge in [0.05, 0.1) is 18.4 Å². The highest BCUT2D eigenvalue weighted by Gasteiger charge is 2.17. The number of amides is 1. The van der Waals surface area contributed by atoms with Crippen LogP contribution in [0.4, 0.5) is 10.2 Å². The van der Waals surface area contributed by atoms with Crippen LogP contribution in [0.5, 0.6) is 5.75 Å². The topological polar surface area (TPSA) is 64.1 Å². The van der Waals surface area contributed by atoms with E-state index in [1.807, 2.05) is 12.1 Å². The van der Waals surface area contributed by atoms with Gasteiger partial charge in [-0.05, 0) is 35.9 Å². The second kappa shape index (κ2) is 6.72. The molecule has 0 bridgehead atoms. The molecule has 0 saturated heterocycles. The summed E-state index contributed by atoms with van der Waals surface area (Å²) >= 11 is 6.36. The van der Waals surface area contributed by atoms with Gasteiger partial charge in [0.1, 0.15) is 11.6 Å². The number of pyridine rings is 2. The molecule has 3 aromatic rings. The average Bonchev–Trinajstić information content (AvgIpc) is 3.09. The maximum absolute atomic E-state index is 13.6. The van der Waals surface area contributed by atoms with E-state index in [0.717, 1.165) is 35.1 Å². The van der Waals surface area contributed by atoms with Crippen LogP contribution in [0.1, 0.15) is 15.9 Å². The highest BCUT2D eigenvalue weighted by atomic mass is 35.5. The molecule has 1 aliphatic heterocycles. The Bertz CT molecular complexity index is 993. The molecule has 1 N–H and O–H groups in total. The summed E-state index contributed by atoms with van der Waals surface area (Å²) in [6.45, 7) is 0.657. The third-order valence-corrected chi connectivity index (χ3v) is 4.43. The second-order valence-corrected chi connectivity index (χ2v) is 6.19. The number of benzene rings is 1. The summed E-state index contributed by atoms with van der Waals surface area (Å²) in [5.41, 5.74) is 2.60. The van der Waals surface area contributed by atoms with E-state index in [-0.39, 0.29) is 5.56 Å². The zero-order valence-electron chi connectivity index (χ0n) is 13.5. The van der Waals surface area contributed by atoms with E-state index < -0.39 is 11.7 Å². The standard InChI is InChI=1S/C19H13ClFN3O2/c20-15-7-11-4-6-26-17(11)8-14(15)12-1-2-18(23-9-12)24-19(25)13-3-5-22-10-16(13)21/h1-3,5,7-10H,4,6H2,(H,23,24,25). The van der Waals surface area contributed by atoms with Gasteiger partial charge in [-0.2, -0.15) is 0 Å². The summed E-state index contributed by atoms with van der Waals surface area (Å²) in [4.78, 5) is 19.9. The molecular formula is C19H13ClFN3O2. The first kappa shape index (κ1) is 16.5. The molecule has 3 heterocycles. The molecule has 1 aromatic carbocycles. The molecule has 0 unspecified atom stereocenters. The fourth-order valence-corrected chi connectivity index (χ4v) is 3.08. The number of anilines is 1. The van der Waals surface area contributed by atoms with Gasteiger partial charge in [0.2, 0.25) is 0 Å². The van der Waals surface area contributed by atoms with Gasteiger partial charge in [0.15, 0.2) is 5.82 Å². The van der Waals surface area contributed by atoms with Crippen LogP contribution < -0.4 is 10.1 Å². The molecule has 0 spiro atoms. The molecule has 5 nitrogen and oxygen atoms in total. The summed E-state index contributed by atoms with van der Waals surface area (Å²) in [7, 11) is 0. The van der Waals surface area contributed by atoms with Crippen molar-refractivity contribution in [3.05, 3.63) is 70.9 Å². The Hall–Kier alpha value is -2.99. The van der Waals surface area contributed by atoms with Crippen LogP contribution in [0, 0.1) is 5.82 Å². The number of hydrogen-bond acceptors (Lipinski definition) is 4. The van der Waals surface area contributed by atoms with E-state index in [4.69, 9.17) is 16.3 Å². The first-order chi connectivity index (χ1) is 12.6. The minimum atomic E-state index is -0.688. The van der Waals surface area contributed by atoms with Gasteiger partial charge in [0.25, 0.3) is 5.91 Å². The van der Waals surface area contributed by atoms with Gasteiger partial charge >= 0.3 is 0 Å². The number of ether oxygens (including phenoxy) is 1. The van der Waals surface area contributed by atoms with Gasteiger partial charge in [-0.3, -0.25) is 9.78 Å². The van der Waals surface area contributed by atoms with Crippen LogP contribution >= 0.6 is 11.6 Å². The summed E-state index contributed by atoms with van der Waals surface area (Å²) < 4.78 is 19.2. The zero-order chi connectivity index (χ0) is 18.1. The third kappa shape index (κ3) is 3.11. The van der Waals surface area contributed by atoms with E-state index in [2.05, 4.69) is 15.3 Å². The lowest BCUT2D eigenvalue weighted by atomic mass is 10.0. The van der Waals surface area contributed by atoms with Crippen molar-refractivity contribution in [2.24, 2.45) is 0 Å². The Morgan fingerprint density at radius 3 is 2.88 bits per heavy atom. The molecule has 1 amide bonds. The molecule has 0 saturated carbocycles. The smallest absolute Gasteiger partial charge is 0.259 e. The van der Waals surface area contributed by atoms with Crippen LogP contribution in [0.3, 0.4) is 0 Å². The van der Waals surface area contributed by atoms with Crippen molar-refractivity contribution in [3.63, 3.8) is 0 Å². The van der Waals surface area contributed by atoms with E-state index in [9.17, 15) is 9.18 Å². The van der Waals surface area contributed by atoms with Crippen LogP contribution in [0.2, 0.25) is 5.02 Å². The number of carbonyl (C=O) groups is 1. The Morgan fingerprint density at radius 2 is 2.12 bits per heavy atom. The van der Waals surface area contributed by atoms with Crippen molar-refractivity contribution in [2.45, 2.75) is 6.42 Å². The number of nitrogens with zero attached hydrogens (tertiary/aromatic N) is 2.